The summed E-state index contributed by atoms with van der Waals surface area (Å²) >= 11 is 0. The van der Waals surface area contributed by atoms with Gasteiger partial charge in [0.2, 0.25) is 0 Å². The average Bonchev–Trinajstić information content (AvgIpc) is 2.92. The molecule has 0 aliphatic carbocycles. The highest BCUT2D eigenvalue weighted by Crippen LogP contribution is 2.27. The quantitative estimate of drug-likeness (QED) is 0.703. The number of pyridine rings is 1. The number of aromatic nitrogens is 2. The Hall–Kier alpha value is -3.62. The van der Waals surface area contributed by atoms with E-state index in [4.69, 9.17) is 5.11 Å². The number of benzene rings is 1. The third kappa shape index (κ3) is 3.07. The van der Waals surface area contributed by atoms with Gasteiger partial charge in [0, 0.05) is 6.20 Å². The summed E-state index contributed by atoms with van der Waals surface area (Å²) in [5.41, 5.74) is 0.723. The number of halogens is 1. The number of hydrogen-bond donors (Lipinski definition) is 2. The van der Waals surface area contributed by atoms with Crippen LogP contribution in [0.1, 0.15) is 26.4 Å². The minimum absolute atomic E-state index is 0.0159. The minimum Gasteiger partial charge on any atom is -0.478 e. The topological polar surface area (TPSA) is 117 Å². The summed E-state index contributed by atoms with van der Waals surface area (Å²) in [6, 6.07) is 6.75. The van der Waals surface area contributed by atoms with Gasteiger partial charge in [-0.2, -0.15) is 0 Å². The molecule has 0 aliphatic rings. The number of imidazole rings is 1. The van der Waals surface area contributed by atoms with Gasteiger partial charge in [0.15, 0.2) is 11.5 Å². The Morgan fingerprint density at radius 3 is 2.56 bits per heavy atom. The molecule has 0 fully saturated rings. The maximum Gasteiger partial charge on any atom is 0.358 e. The van der Waals surface area contributed by atoms with Crippen LogP contribution in [0.2, 0.25) is 0 Å². The van der Waals surface area contributed by atoms with Crippen LogP contribution in [0, 0.1) is 12.7 Å². The molecule has 1 aromatic carbocycles. The molecule has 0 saturated heterocycles. The molecule has 0 aliphatic heterocycles. The van der Waals surface area contributed by atoms with Crippen molar-refractivity contribution in [1.82, 2.24) is 9.38 Å². The zero-order chi connectivity index (χ0) is 18.1. The fraction of sp³-hybridized carbons (Fsp3) is 0.0625. The largest absolute Gasteiger partial charge is 0.478 e. The predicted molar refractivity (Wildman–Crippen MR) is 84.4 cm³/mol. The maximum atomic E-state index is 13.5. The van der Waals surface area contributed by atoms with E-state index in [9.17, 15) is 19.1 Å². The van der Waals surface area contributed by atoms with E-state index in [-0.39, 0.29) is 28.4 Å². The first-order valence-corrected chi connectivity index (χ1v) is 7.03. The van der Waals surface area contributed by atoms with Crippen molar-refractivity contribution >= 4 is 29.1 Å². The van der Waals surface area contributed by atoms with Gasteiger partial charge in [-0.15, -0.1) is 10.2 Å². The number of nitrogens with zero attached hydrogens (tertiary/aromatic N) is 4. The van der Waals surface area contributed by atoms with E-state index >= 15 is 0 Å². The minimum atomic E-state index is -1.34. The molecular weight excluding hydrogens is 331 g/mol. The Morgan fingerprint density at radius 1 is 1.12 bits per heavy atom. The summed E-state index contributed by atoms with van der Waals surface area (Å²) in [5, 5.41) is 26.1. The number of carboxylic acid groups (broad SMARTS) is 2. The smallest absolute Gasteiger partial charge is 0.358 e. The lowest BCUT2D eigenvalue weighted by Gasteiger charge is -2.01. The Bertz CT molecular complexity index is 1040. The van der Waals surface area contributed by atoms with E-state index in [1.54, 1.807) is 13.0 Å². The molecule has 0 saturated carbocycles. The molecule has 0 radical (unpaired) electrons. The van der Waals surface area contributed by atoms with Gasteiger partial charge >= 0.3 is 11.9 Å². The molecule has 3 aromatic rings. The van der Waals surface area contributed by atoms with Crippen LogP contribution in [0.3, 0.4) is 0 Å². The van der Waals surface area contributed by atoms with Gasteiger partial charge < -0.3 is 10.2 Å². The fourth-order valence-corrected chi connectivity index (χ4v) is 2.20. The van der Waals surface area contributed by atoms with Crippen LogP contribution in [0.25, 0.3) is 5.65 Å². The van der Waals surface area contributed by atoms with Crippen LogP contribution in [-0.4, -0.2) is 31.5 Å². The van der Waals surface area contributed by atoms with Gasteiger partial charge in [-0.05, 0) is 36.8 Å². The van der Waals surface area contributed by atoms with E-state index in [1.165, 1.54) is 22.6 Å². The van der Waals surface area contributed by atoms with E-state index in [0.29, 0.717) is 5.56 Å². The third-order valence-corrected chi connectivity index (χ3v) is 3.47. The SMILES string of the molecule is Cc1ccc(C(=O)O)cc1N=Nc1c(C(=O)O)nc2ccc(F)cn12. The molecule has 2 N–H and O–H groups in total. The molecule has 2 aromatic heterocycles. The first kappa shape index (κ1) is 16.2. The average molecular weight is 342 g/mol. The summed E-state index contributed by atoms with van der Waals surface area (Å²) in [6.45, 7) is 1.70. The standard InChI is InChI=1S/C16H11FN4O4/c1-8-2-3-9(15(22)23)6-11(8)19-20-14-13(16(24)25)18-12-5-4-10(17)7-21(12)14/h2-7H,1H3,(H,22,23)(H,24,25). The second-order valence-corrected chi connectivity index (χ2v) is 5.17. The van der Waals surface area contributed by atoms with Crippen molar-refractivity contribution in [2.45, 2.75) is 6.92 Å². The number of azo groups is 1. The Labute approximate surface area is 139 Å². The monoisotopic (exact) mass is 342 g/mol. The molecule has 126 valence electrons. The zero-order valence-corrected chi connectivity index (χ0v) is 12.8. The van der Waals surface area contributed by atoms with Crippen molar-refractivity contribution in [1.29, 1.82) is 0 Å². The molecule has 2 heterocycles. The van der Waals surface area contributed by atoms with Gasteiger partial charge in [0.05, 0.1) is 11.3 Å². The normalized spacial score (nSPS) is 11.3. The second kappa shape index (κ2) is 6.11. The lowest BCUT2D eigenvalue weighted by molar-refractivity contribution is 0.0683. The molecule has 8 nitrogen and oxygen atoms in total. The number of fused-ring (bicyclic) bond motifs is 1. The van der Waals surface area contributed by atoms with E-state index in [0.717, 1.165) is 12.3 Å². The van der Waals surface area contributed by atoms with Crippen molar-refractivity contribution in [3.8, 4) is 0 Å². The van der Waals surface area contributed by atoms with E-state index in [1.807, 2.05) is 0 Å². The summed E-state index contributed by atoms with van der Waals surface area (Å²) in [6.07, 6.45) is 1.05. The molecule has 0 bridgehead atoms. The summed E-state index contributed by atoms with van der Waals surface area (Å²) in [7, 11) is 0. The molecule has 0 atom stereocenters. The van der Waals surface area contributed by atoms with Crippen LogP contribution >= 0.6 is 0 Å². The first-order valence-electron chi connectivity index (χ1n) is 7.03. The molecule has 0 amide bonds. The highest BCUT2D eigenvalue weighted by Gasteiger charge is 2.19. The van der Waals surface area contributed by atoms with Crippen molar-refractivity contribution in [2.24, 2.45) is 10.2 Å². The number of hydrogen-bond acceptors (Lipinski definition) is 5. The van der Waals surface area contributed by atoms with Gasteiger partial charge in [-0.25, -0.2) is 19.0 Å². The van der Waals surface area contributed by atoms with Crippen molar-refractivity contribution in [3.63, 3.8) is 0 Å². The maximum absolute atomic E-state index is 13.5. The molecule has 0 unspecified atom stereocenters. The Morgan fingerprint density at radius 2 is 1.88 bits per heavy atom. The van der Waals surface area contributed by atoms with E-state index < -0.39 is 17.8 Å². The second-order valence-electron chi connectivity index (χ2n) is 5.17. The Kier molecular flexibility index (Phi) is 3.97. The summed E-state index contributed by atoms with van der Waals surface area (Å²) < 4.78 is 14.6. The predicted octanol–water partition coefficient (Wildman–Crippen LogP) is 3.59. The number of aryl methyl sites for hydroxylation is 1. The molecule has 9 heteroatoms. The van der Waals surface area contributed by atoms with Crippen LogP contribution in [-0.2, 0) is 0 Å². The highest BCUT2D eigenvalue weighted by atomic mass is 19.1. The van der Waals surface area contributed by atoms with Gasteiger partial charge in [-0.3, -0.25) is 4.40 Å². The number of carbonyl (C=O) groups is 2. The van der Waals surface area contributed by atoms with Crippen LogP contribution in [0.15, 0.2) is 46.8 Å². The fourth-order valence-electron chi connectivity index (χ4n) is 2.20. The molecular formula is C16H11FN4O4. The first-order chi connectivity index (χ1) is 11.9. The van der Waals surface area contributed by atoms with Crippen molar-refractivity contribution in [3.05, 3.63) is 59.2 Å². The number of carboxylic acids is 2. The lowest BCUT2D eigenvalue weighted by atomic mass is 10.1. The van der Waals surface area contributed by atoms with Crippen molar-refractivity contribution in [2.75, 3.05) is 0 Å². The highest BCUT2D eigenvalue weighted by molar-refractivity contribution is 5.92. The van der Waals surface area contributed by atoms with Crippen molar-refractivity contribution < 1.29 is 24.2 Å². The van der Waals surface area contributed by atoms with Gasteiger partial charge in [0.25, 0.3) is 0 Å². The summed E-state index contributed by atoms with van der Waals surface area (Å²) in [4.78, 5) is 26.3. The number of rotatable bonds is 4. The van der Waals surface area contributed by atoms with Gasteiger partial charge in [0.1, 0.15) is 11.5 Å². The molecule has 0 spiro atoms. The van der Waals surface area contributed by atoms with E-state index in [2.05, 4.69) is 15.2 Å². The lowest BCUT2D eigenvalue weighted by Crippen LogP contribution is -1.97. The Balaban J connectivity index is 2.14. The zero-order valence-electron chi connectivity index (χ0n) is 12.8. The van der Waals surface area contributed by atoms with Crippen LogP contribution < -0.4 is 0 Å². The molecule has 25 heavy (non-hydrogen) atoms. The third-order valence-electron chi connectivity index (χ3n) is 3.47. The van der Waals surface area contributed by atoms with Gasteiger partial charge in [-0.1, -0.05) is 6.07 Å². The number of aromatic carboxylic acids is 2. The molecule has 3 rings (SSSR count). The van der Waals surface area contributed by atoms with Crippen LogP contribution in [0.4, 0.5) is 15.9 Å². The van der Waals surface area contributed by atoms with Crippen LogP contribution in [0.5, 0.6) is 0 Å². The summed E-state index contributed by atoms with van der Waals surface area (Å²) in [5.74, 6) is -3.22.